The summed E-state index contributed by atoms with van der Waals surface area (Å²) in [5.41, 5.74) is 0.911. The summed E-state index contributed by atoms with van der Waals surface area (Å²) >= 11 is 6.21. The van der Waals surface area contributed by atoms with E-state index in [0.717, 1.165) is 5.56 Å². The number of nitro groups is 1. The molecule has 29 heavy (non-hydrogen) atoms. The van der Waals surface area contributed by atoms with Gasteiger partial charge in [0.25, 0.3) is 0 Å². The lowest BCUT2D eigenvalue weighted by Crippen LogP contribution is -2.23. The highest BCUT2D eigenvalue weighted by atomic mass is 35.5. The van der Waals surface area contributed by atoms with E-state index in [1.165, 1.54) is 4.57 Å². The van der Waals surface area contributed by atoms with Gasteiger partial charge in [-0.05, 0) is 29.8 Å². The molecule has 0 atom stereocenters. The highest BCUT2D eigenvalue weighted by molar-refractivity contribution is 6.31. The van der Waals surface area contributed by atoms with Crippen molar-refractivity contribution in [2.24, 2.45) is 0 Å². The normalized spacial score (nSPS) is 10.8. The molecule has 0 unspecified atom stereocenters. The molecule has 0 aliphatic rings. The van der Waals surface area contributed by atoms with Crippen molar-refractivity contribution < 1.29 is 4.92 Å². The SMILES string of the molecule is O=c1c([N+](=O)[O-])c(NCc2ccccc2Cl)c2ccccc2n1-c1ccccc1. The molecular formula is C22H16ClN3O3. The van der Waals surface area contributed by atoms with E-state index in [2.05, 4.69) is 5.32 Å². The molecule has 1 heterocycles. The zero-order valence-electron chi connectivity index (χ0n) is 15.2. The molecule has 0 radical (unpaired) electrons. The Kier molecular flexibility index (Phi) is 5.01. The minimum atomic E-state index is -0.693. The second-order valence-corrected chi connectivity index (χ2v) is 6.83. The van der Waals surface area contributed by atoms with Crippen LogP contribution in [0.1, 0.15) is 5.56 Å². The number of para-hydroxylation sites is 2. The molecule has 0 spiro atoms. The third-order valence-corrected chi connectivity index (χ3v) is 5.04. The predicted molar refractivity (Wildman–Crippen MR) is 115 cm³/mol. The standard InChI is InChI=1S/C22H16ClN3O3/c23-18-12-6-4-8-15(18)14-24-20-17-11-5-7-13-19(17)25(16-9-2-1-3-10-16)22(27)21(20)26(28)29/h1-13,24H,14H2. The van der Waals surface area contributed by atoms with Crippen molar-refractivity contribution in [3.63, 3.8) is 0 Å². The molecule has 4 rings (SSSR count). The van der Waals surface area contributed by atoms with Crippen molar-refractivity contribution in [2.45, 2.75) is 6.54 Å². The Morgan fingerprint density at radius 2 is 1.59 bits per heavy atom. The lowest BCUT2D eigenvalue weighted by Gasteiger charge is -2.15. The first-order valence-electron chi connectivity index (χ1n) is 8.93. The number of fused-ring (bicyclic) bond motifs is 1. The van der Waals surface area contributed by atoms with Crippen LogP contribution in [0.2, 0.25) is 5.02 Å². The summed E-state index contributed by atoms with van der Waals surface area (Å²) in [6, 6.07) is 23.2. The Morgan fingerprint density at radius 3 is 2.31 bits per heavy atom. The van der Waals surface area contributed by atoms with E-state index < -0.39 is 16.2 Å². The molecule has 0 amide bonds. The lowest BCUT2D eigenvalue weighted by molar-refractivity contribution is -0.385. The molecule has 1 N–H and O–H groups in total. The van der Waals surface area contributed by atoms with Crippen LogP contribution in [0.25, 0.3) is 16.6 Å². The third-order valence-electron chi connectivity index (χ3n) is 4.67. The van der Waals surface area contributed by atoms with E-state index in [9.17, 15) is 14.9 Å². The maximum Gasteiger partial charge on any atom is 0.357 e. The monoisotopic (exact) mass is 405 g/mol. The number of pyridine rings is 1. The van der Waals surface area contributed by atoms with Crippen LogP contribution in [0, 0.1) is 10.1 Å². The molecule has 0 bridgehead atoms. The Bertz CT molecular complexity index is 1270. The molecule has 7 heteroatoms. The van der Waals surface area contributed by atoms with Crippen LogP contribution in [0.3, 0.4) is 0 Å². The van der Waals surface area contributed by atoms with Crippen LogP contribution >= 0.6 is 11.6 Å². The average Bonchev–Trinajstić information content (AvgIpc) is 2.73. The largest absolute Gasteiger partial charge is 0.375 e. The highest BCUT2D eigenvalue weighted by Gasteiger charge is 2.26. The molecule has 6 nitrogen and oxygen atoms in total. The van der Waals surface area contributed by atoms with Gasteiger partial charge < -0.3 is 5.32 Å². The smallest absolute Gasteiger partial charge is 0.357 e. The molecule has 144 valence electrons. The maximum atomic E-state index is 13.2. The number of anilines is 1. The lowest BCUT2D eigenvalue weighted by atomic mass is 10.1. The van der Waals surface area contributed by atoms with Crippen LogP contribution in [0.4, 0.5) is 11.4 Å². The fraction of sp³-hybridized carbons (Fsp3) is 0.0455. The molecule has 0 aliphatic heterocycles. The first-order valence-corrected chi connectivity index (χ1v) is 9.30. The van der Waals surface area contributed by atoms with Gasteiger partial charge in [0.05, 0.1) is 10.4 Å². The van der Waals surface area contributed by atoms with Crippen molar-refractivity contribution in [3.05, 3.63) is 110 Å². The van der Waals surface area contributed by atoms with Crippen molar-refractivity contribution >= 4 is 33.9 Å². The van der Waals surface area contributed by atoms with Crippen LogP contribution < -0.4 is 10.9 Å². The van der Waals surface area contributed by atoms with Gasteiger partial charge in [-0.3, -0.25) is 19.5 Å². The topological polar surface area (TPSA) is 77.2 Å². The Hall–Kier alpha value is -3.64. The van der Waals surface area contributed by atoms with Crippen molar-refractivity contribution in [3.8, 4) is 5.69 Å². The summed E-state index contributed by atoms with van der Waals surface area (Å²) in [6.07, 6.45) is 0. The van der Waals surface area contributed by atoms with Gasteiger partial charge in [-0.2, -0.15) is 0 Å². The Balaban J connectivity index is 1.95. The van der Waals surface area contributed by atoms with E-state index in [1.54, 1.807) is 54.6 Å². The highest BCUT2D eigenvalue weighted by Crippen LogP contribution is 2.32. The molecule has 0 saturated heterocycles. The number of nitrogens with one attached hydrogen (secondary N) is 1. The first-order chi connectivity index (χ1) is 14.1. The summed E-state index contributed by atoms with van der Waals surface area (Å²) in [5.74, 6) is 0. The van der Waals surface area contributed by atoms with Crippen LogP contribution in [0.5, 0.6) is 0 Å². The van der Waals surface area contributed by atoms with Crippen LogP contribution in [0.15, 0.2) is 83.7 Å². The Labute approximate surface area is 171 Å². The average molecular weight is 406 g/mol. The third kappa shape index (κ3) is 3.46. The fourth-order valence-corrected chi connectivity index (χ4v) is 3.54. The maximum absolute atomic E-state index is 13.2. The second kappa shape index (κ2) is 7.77. The van der Waals surface area contributed by atoms with Gasteiger partial charge in [-0.15, -0.1) is 0 Å². The summed E-state index contributed by atoms with van der Waals surface area (Å²) in [4.78, 5) is 24.4. The number of rotatable bonds is 5. The summed E-state index contributed by atoms with van der Waals surface area (Å²) in [6.45, 7) is 0.249. The number of halogens is 1. The van der Waals surface area contributed by atoms with Gasteiger partial charge in [-0.25, -0.2) is 0 Å². The van der Waals surface area contributed by atoms with E-state index >= 15 is 0 Å². The van der Waals surface area contributed by atoms with Gasteiger partial charge in [0.15, 0.2) is 0 Å². The van der Waals surface area contributed by atoms with Gasteiger partial charge in [0, 0.05) is 22.6 Å². The van der Waals surface area contributed by atoms with Crippen molar-refractivity contribution in [2.75, 3.05) is 5.32 Å². The van der Waals surface area contributed by atoms with E-state index in [0.29, 0.717) is 21.6 Å². The number of aromatic nitrogens is 1. The zero-order valence-corrected chi connectivity index (χ0v) is 16.0. The zero-order chi connectivity index (χ0) is 20.4. The Morgan fingerprint density at radius 1 is 0.931 bits per heavy atom. The van der Waals surface area contributed by atoms with E-state index in [1.807, 2.05) is 24.3 Å². The van der Waals surface area contributed by atoms with Gasteiger partial charge >= 0.3 is 11.2 Å². The quantitative estimate of drug-likeness (QED) is 0.367. The molecule has 3 aromatic carbocycles. The predicted octanol–water partition coefficient (Wildman–Crippen LogP) is 5.16. The number of nitrogens with zero attached hydrogens (tertiary/aromatic N) is 2. The summed E-state index contributed by atoms with van der Waals surface area (Å²) in [7, 11) is 0. The second-order valence-electron chi connectivity index (χ2n) is 6.42. The van der Waals surface area contributed by atoms with Gasteiger partial charge in [0.1, 0.15) is 5.69 Å². The number of benzene rings is 3. The number of hydrogen-bond acceptors (Lipinski definition) is 4. The minimum absolute atomic E-state index is 0.183. The van der Waals surface area contributed by atoms with Crippen molar-refractivity contribution in [1.29, 1.82) is 0 Å². The molecule has 0 aliphatic carbocycles. The van der Waals surface area contributed by atoms with Crippen LogP contribution in [-0.4, -0.2) is 9.49 Å². The molecular weight excluding hydrogens is 390 g/mol. The van der Waals surface area contributed by atoms with Gasteiger partial charge in [-0.1, -0.05) is 66.2 Å². The van der Waals surface area contributed by atoms with Crippen molar-refractivity contribution in [1.82, 2.24) is 4.57 Å². The molecule has 0 fully saturated rings. The van der Waals surface area contributed by atoms with E-state index in [-0.39, 0.29) is 12.2 Å². The molecule has 1 aromatic heterocycles. The first kappa shape index (κ1) is 18.7. The van der Waals surface area contributed by atoms with Crippen LogP contribution in [-0.2, 0) is 6.54 Å². The molecule has 0 saturated carbocycles. The minimum Gasteiger partial charge on any atom is -0.375 e. The van der Waals surface area contributed by atoms with Gasteiger partial charge in [0.2, 0.25) is 0 Å². The fourth-order valence-electron chi connectivity index (χ4n) is 3.34. The summed E-state index contributed by atoms with van der Waals surface area (Å²) < 4.78 is 1.37. The van der Waals surface area contributed by atoms with E-state index in [4.69, 9.17) is 11.6 Å². The molecule has 4 aromatic rings. The summed E-state index contributed by atoms with van der Waals surface area (Å²) in [5, 5.41) is 16.1. The number of hydrogen-bond donors (Lipinski definition) is 1.